The second-order valence-corrected chi connectivity index (χ2v) is 5.86. The van der Waals surface area contributed by atoms with E-state index < -0.39 is 0 Å². The van der Waals surface area contributed by atoms with Crippen LogP contribution < -0.4 is 4.90 Å². The van der Waals surface area contributed by atoms with Gasteiger partial charge < -0.3 is 4.90 Å². The summed E-state index contributed by atoms with van der Waals surface area (Å²) in [6.07, 6.45) is 2.47. The van der Waals surface area contributed by atoms with E-state index in [0.717, 1.165) is 24.2 Å². The lowest BCUT2D eigenvalue weighted by Crippen LogP contribution is -2.31. The van der Waals surface area contributed by atoms with Crippen LogP contribution in [0.4, 0.5) is 5.82 Å². The Bertz CT molecular complexity index is 549. The Balaban J connectivity index is 2.31. The summed E-state index contributed by atoms with van der Waals surface area (Å²) >= 11 is 1.75. The number of carbonyl (C=O) groups is 1. The van der Waals surface area contributed by atoms with Crippen LogP contribution in [0.1, 0.15) is 34.6 Å². The summed E-state index contributed by atoms with van der Waals surface area (Å²) < 4.78 is 0. The molecule has 0 spiro atoms. The molecule has 0 N–H and O–H groups in total. The maximum absolute atomic E-state index is 10.8. The van der Waals surface area contributed by atoms with Crippen molar-refractivity contribution in [3.8, 4) is 0 Å². The molecule has 0 aliphatic rings. The molecule has 0 aliphatic carbocycles. The molecular formula is C15H18N2OS. The van der Waals surface area contributed by atoms with Crippen molar-refractivity contribution in [3.63, 3.8) is 0 Å². The van der Waals surface area contributed by atoms with Crippen LogP contribution in [0.5, 0.6) is 0 Å². The van der Waals surface area contributed by atoms with E-state index in [1.165, 1.54) is 4.88 Å². The molecule has 3 nitrogen and oxygen atoms in total. The minimum Gasteiger partial charge on any atom is -0.349 e. The van der Waals surface area contributed by atoms with Gasteiger partial charge in [-0.15, -0.1) is 11.3 Å². The van der Waals surface area contributed by atoms with Gasteiger partial charge in [0.1, 0.15) is 5.82 Å². The van der Waals surface area contributed by atoms with Crippen molar-refractivity contribution in [2.45, 2.75) is 33.4 Å². The zero-order chi connectivity index (χ0) is 13.8. The van der Waals surface area contributed by atoms with Crippen molar-refractivity contribution in [3.05, 3.63) is 45.8 Å². The van der Waals surface area contributed by atoms with Crippen molar-refractivity contribution in [2.24, 2.45) is 0 Å². The summed E-state index contributed by atoms with van der Waals surface area (Å²) in [7, 11) is 0. The molecule has 0 saturated carbocycles. The predicted molar refractivity (Wildman–Crippen MR) is 80.0 cm³/mol. The van der Waals surface area contributed by atoms with Crippen molar-refractivity contribution in [2.75, 3.05) is 4.90 Å². The molecule has 0 fully saturated rings. The number of thiophene rings is 1. The lowest BCUT2D eigenvalue weighted by molar-refractivity contribution is 0.112. The molecule has 2 aromatic heterocycles. The number of aryl methyl sites for hydroxylation is 1. The molecule has 2 aromatic rings. The normalized spacial score (nSPS) is 10.7. The van der Waals surface area contributed by atoms with Crippen LogP contribution in [-0.2, 0) is 6.54 Å². The zero-order valence-electron chi connectivity index (χ0n) is 11.5. The van der Waals surface area contributed by atoms with Gasteiger partial charge >= 0.3 is 0 Å². The second kappa shape index (κ2) is 5.97. The average molecular weight is 274 g/mol. The summed E-state index contributed by atoms with van der Waals surface area (Å²) in [5, 5.41) is 2.09. The van der Waals surface area contributed by atoms with Crippen LogP contribution in [0.15, 0.2) is 29.8 Å². The van der Waals surface area contributed by atoms with E-state index >= 15 is 0 Å². The first kappa shape index (κ1) is 13.7. The molecule has 0 unspecified atom stereocenters. The van der Waals surface area contributed by atoms with Gasteiger partial charge in [0.15, 0.2) is 6.29 Å². The van der Waals surface area contributed by atoms with E-state index in [-0.39, 0.29) is 0 Å². The summed E-state index contributed by atoms with van der Waals surface area (Å²) in [5.74, 6) is 0.953. The number of aldehydes is 1. The highest BCUT2D eigenvalue weighted by molar-refractivity contribution is 7.09. The Morgan fingerprint density at radius 2 is 2.26 bits per heavy atom. The third-order valence-corrected chi connectivity index (χ3v) is 3.87. The monoisotopic (exact) mass is 274 g/mol. The number of pyridine rings is 1. The van der Waals surface area contributed by atoms with Crippen LogP contribution in [0.25, 0.3) is 0 Å². The van der Waals surface area contributed by atoms with E-state index in [4.69, 9.17) is 0 Å². The van der Waals surface area contributed by atoms with E-state index in [0.29, 0.717) is 11.6 Å². The van der Waals surface area contributed by atoms with Gasteiger partial charge in [-0.2, -0.15) is 0 Å². The largest absolute Gasteiger partial charge is 0.349 e. The minimum absolute atomic E-state index is 0.357. The van der Waals surface area contributed by atoms with Gasteiger partial charge in [-0.05, 0) is 43.8 Å². The average Bonchev–Trinajstić information content (AvgIpc) is 2.89. The quantitative estimate of drug-likeness (QED) is 0.780. The highest BCUT2D eigenvalue weighted by atomic mass is 32.1. The number of anilines is 1. The van der Waals surface area contributed by atoms with E-state index in [9.17, 15) is 4.79 Å². The molecule has 2 heterocycles. The van der Waals surface area contributed by atoms with Crippen LogP contribution in [0, 0.1) is 6.92 Å². The molecule has 4 heteroatoms. The topological polar surface area (TPSA) is 33.2 Å². The maximum atomic E-state index is 10.8. The van der Waals surface area contributed by atoms with Crippen LogP contribution >= 0.6 is 11.3 Å². The highest BCUT2D eigenvalue weighted by Crippen LogP contribution is 2.23. The molecule has 0 radical (unpaired) electrons. The van der Waals surface area contributed by atoms with Gasteiger partial charge in [0.25, 0.3) is 0 Å². The van der Waals surface area contributed by atoms with Gasteiger partial charge in [0.05, 0.1) is 6.54 Å². The molecule has 0 saturated heterocycles. The first-order chi connectivity index (χ1) is 9.11. The Morgan fingerprint density at radius 3 is 2.79 bits per heavy atom. The van der Waals surface area contributed by atoms with Gasteiger partial charge in [0.2, 0.25) is 0 Å². The maximum Gasteiger partial charge on any atom is 0.151 e. The Kier molecular flexibility index (Phi) is 4.32. The van der Waals surface area contributed by atoms with E-state index in [1.807, 2.05) is 13.0 Å². The second-order valence-electron chi connectivity index (χ2n) is 4.83. The number of nitrogens with zero attached hydrogens (tertiary/aromatic N) is 2. The lowest BCUT2D eigenvalue weighted by atomic mass is 10.2. The van der Waals surface area contributed by atoms with Crippen molar-refractivity contribution >= 4 is 23.4 Å². The third kappa shape index (κ3) is 3.20. The fraction of sp³-hybridized carbons (Fsp3) is 0.333. The zero-order valence-corrected chi connectivity index (χ0v) is 12.3. The van der Waals surface area contributed by atoms with E-state index in [1.54, 1.807) is 17.5 Å². The van der Waals surface area contributed by atoms with Crippen molar-refractivity contribution in [1.29, 1.82) is 0 Å². The molecule has 0 aliphatic heterocycles. The Labute approximate surface area is 117 Å². The number of aromatic nitrogens is 1. The highest BCUT2D eigenvalue weighted by Gasteiger charge is 2.15. The number of rotatable bonds is 5. The van der Waals surface area contributed by atoms with Crippen LogP contribution in [0.2, 0.25) is 0 Å². The fourth-order valence-electron chi connectivity index (χ4n) is 2.03. The predicted octanol–water partition coefficient (Wildman–Crippen LogP) is 3.68. The molecular weight excluding hydrogens is 256 g/mol. The minimum atomic E-state index is 0.357. The summed E-state index contributed by atoms with van der Waals surface area (Å²) in [4.78, 5) is 18.8. The third-order valence-electron chi connectivity index (χ3n) is 3.01. The number of hydrogen-bond donors (Lipinski definition) is 0. The number of carbonyl (C=O) groups excluding carboxylic acids is 1. The molecule has 0 aromatic carbocycles. The van der Waals surface area contributed by atoms with Crippen molar-refractivity contribution in [1.82, 2.24) is 4.98 Å². The SMILES string of the molecule is Cc1cc(C=O)cnc1N(Cc1cccs1)C(C)C. The summed E-state index contributed by atoms with van der Waals surface area (Å²) in [6.45, 7) is 7.16. The fourth-order valence-corrected chi connectivity index (χ4v) is 2.73. The molecule has 0 atom stereocenters. The van der Waals surface area contributed by atoms with Crippen LogP contribution in [-0.4, -0.2) is 17.3 Å². The molecule has 100 valence electrons. The van der Waals surface area contributed by atoms with Gasteiger partial charge in [-0.25, -0.2) is 4.98 Å². The van der Waals surface area contributed by atoms with E-state index in [2.05, 4.69) is 41.2 Å². The van der Waals surface area contributed by atoms with Gasteiger partial charge in [0, 0.05) is 22.7 Å². The molecule has 0 bridgehead atoms. The smallest absolute Gasteiger partial charge is 0.151 e. The van der Waals surface area contributed by atoms with Crippen molar-refractivity contribution < 1.29 is 4.79 Å². The van der Waals surface area contributed by atoms with Crippen LogP contribution in [0.3, 0.4) is 0 Å². The molecule has 0 amide bonds. The van der Waals surface area contributed by atoms with Gasteiger partial charge in [-0.1, -0.05) is 6.07 Å². The first-order valence-electron chi connectivity index (χ1n) is 6.32. The summed E-state index contributed by atoms with van der Waals surface area (Å²) in [6, 6.07) is 6.44. The standard InChI is InChI=1S/C15H18N2OS/c1-11(2)17(9-14-5-4-6-19-14)15-12(3)7-13(10-18)8-16-15/h4-8,10-11H,9H2,1-3H3. The number of hydrogen-bond acceptors (Lipinski definition) is 4. The lowest BCUT2D eigenvalue weighted by Gasteiger charge is -2.28. The Morgan fingerprint density at radius 1 is 1.47 bits per heavy atom. The molecule has 2 rings (SSSR count). The Hall–Kier alpha value is -1.68. The summed E-state index contributed by atoms with van der Waals surface area (Å²) in [5.41, 5.74) is 1.66. The molecule has 19 heavy (non-hydrogen) atoms. The van der Waals surface area contributed by atoms with Gasteiger partial charge in [-0.3, -0.25) is 4.79 Å². The first-order valence-corrected chi connectivity index (χ1v) is 7.20.